The second-order valence-corrected chi connectivity index (χ2v) is 6.31. The third kappa shape index (κ3) is 6.48. The summed E-state index contributed by atoms with van der Waals surface area (Å²) < 4.78 is 2.19. The SMILES string of the molecule is CCCCN(CCCC)P(Cl)Cl. The van der Waals surface area contributed by atoms with Crippen molar-refractivity contribution in [2.24, 2.45) is 0 Å². The molecule has 0 amide bonds. The minimum Gasteiger partial charge on any atom is -0.257 e. The van der Waals surface area contributed by atoms with Crippen LogP contribution in [0.15, 0.2) is 0 Å². The summed E-state index contributed by atoms with van der Waals surface area (Å²) in [5.74, 6) is 0. The van der Waals surface area contributed by atoms with Crippen LogP contribution in [-0.2, 0) is 0 Å². The molecule has 1 nitrogen and oxygen atoms in total. The van der Waals surface area contributed by atoms with Gasteiger partial charge in [-0.05, 0) is 12.8 Å². The van der Waals surface area contributed by atoms with Crippen molar-refractivity contribution in [2.75, 3.05) is 13.1 Å². The molecule has 0 radical (unpaired) electrons. The molecule has 0 N–H and O–H groups in total. The Balaban J connectivity index is 3.55. The summed E-state index contributed by atoms with van der Waals surface area (Å²) in [6.45, 7) is 5.56. The third-order valence-corrected chi connectivity index (χ3v) is 3.86. The first-order chi connectivity index (χ1) is 5.72. The fourth-order valence-corrected chi connectivity index (χ4v) is 2.44. The van der Waals surface area contributed by atoms with E-state index < -0.39 is 6.78 Å². The molecule has 0 spiro atoms. The number of hydrogen-bond acceptors (Lipinski definition) is 1. The van der Waals surface area contributed by atoms with Gasteiger partial charge in [0, 0.05) is 13.1 Å². The van der Waals surface area contributed by atoms with Crippen molar-refractivity contribution in [3.05, 3.63) is 0 Å². The molecule has 12 heavy (non-hydrogen) atoms. The van der Waals surface area contributed by atoms with Crippen LogP contribution < -0.4 is 0 Å². The quantitative estimate of drug-likeness (QED) is 0.578. The third-order valence-electron chi connectivity index (χ3n) is 1.75. The molecule has 0 aromatic heterocycles. The van der Waals surface area contributed by atoms with Gasteiger partial charge in [0.05, 0.1) is 0 Å². The maximum Gasteiger partial charge on any atom is 0.159 e. The lowest BCUT2D eigenvalue weighted by Crippen LogP contribution is -2.17. The second-order valence-electron chi connectivity index (χ2n) is 2.88. The van der Waals surface area contributed by atoms with Gasteiger partial charge in [-0.1, -0.05) is 49.2 Å². The molecule has 0 unspecified atom stereocenters. The van der Waals surface area contributed by atoms with Gasteiger partial charge < -0.3 is 0 Å². The van der Waals surface area contributed by atoms with Crippen molar-refractivity contribution in [1.82, 2.24) is 4.67 Å². The van der Waals surface area contributed by atoms with Crippen LogP contribution in [0.2, 0.25) is 0 Å². The molecular weight excluding hydrogens is 212 g/mol. The van der Waals surface area contributed by atoms with Crippen molar-refractivity contribution in [3.63, 3.8) is 0 Å². The predicted molar refractivity (Wildman–Crippen MR) is 60.0 cm³/mol. The average Bonchev–Trinajstić information content (AvgIpc) is 2.04. The lowest BCUT2D eigenvalue weighted by atomic mass is 10.3. The van der Waals surface area contributed by atoms with Crippen molar-refractivity contribution in [2.45, 2.75) is 39.5 Å². The Kier molecular flexibility index (Phi) is 9.26. The monoisotopic (exact) mass is 229 g/mol. The molecular formula is C8H18Cl2NP. The highest BCUT2D eigenvalue weighted by Crippen LogP contribution is 2.50. The van der Waals surface area contributed by atoms with E-state index >= 15 is 0 Å². The summed E-state index contributed by atoms with van der Waals surface area (Å²) in [5.41, 5.74) is 0. The molecule has 0 bridgehead atoms. The highest BCUT2D eigenvalue weighted by atomic mass is 35.9. The van der Waals surface area contributed by atoms with Gasteiger partial charge in [0.15, 0.2) is 6.78 Å². The van der Waals surface area contributed by atoms with E-state index in [0.717, 1.165) is 13.1 Å². The maximum atomic E-state index is 5.87. The predicted octanol–water partition coefficient (Wildman–Crippen LogP) is 4.59. The summed E-state index contributed by atoms with van der Waals surface area (Å²) >= 11 is 11.7. The highest BCUT2D eigenvalue weighted by Gasteiger charge is 2.11. The van der Waals surface area contributed by atoms with Crippen molar-refractivity contribution >= 4 is 29.3 Å². The Morgan fingerprint density at radius 1 is 1.00 bits per heavy atom. The highest BCUT2D eigenvalue weighted by molar-refractivity contribution is 8.02. The van der Waals surface area contributed by atoms with Gasteiger partial charge in [0.25, 0.3) is 0 Å². The first kappa shape index (κ1) is 13.0. The van der Waals surface area contributed by atoms with Crippen molar-refractivity contribution in [3.8, 4) is 0 Å². The molecule has 0 heterocycles. The van der Waals surface area contributed by atoms with E-state index in [1.807, 2.05) is 0 Å². The zero-order valence-corrected chi connectivity index (χ0v) is 10.3. The van der Waals surface area contributed by atoms with E-state index in [1.54, 1.807) is 0 Å². The van der Waals surface area contributed by atoms with Gasteiger partial charge in [0.1, 0.15) is 0 Å². The van der Waals surface area contributed by atoms with Crippen LogP contribution >= 0.6 is 29.3 Å². The van der Waals surface area contributed by atoms with Gasteiger partial charge in [-0.3, -0.25) is 4.67 Å². The van der Waals surface area contributed by atoms with Gasteiger partial charge in [-0.15, -0.1) is 0 Å². The number of rotatable bonds is 7. The minimum absolute atomic E-state index is 0.909. The fourth-order valence-electron chi connectivity index (χ4n) is 0.944. The van der Waals surface area contributed by atoms with Crippen molar-refractivity contribution < 1.29 is 0 Å². The summed E-state index contributed by atoms with van der Waals surface area (Å²) in [7, 11) is 0. The van der Waals surface area contributed by atoms with Crippen LogP contribution in [0.3, 0.4) is 0 Å². The van der Waals surface area contributed by atoms with E-state index in [-0.39, 0.29) is 0 Å². The van der Waals surface area contributed by atoms with Crippen LogP contribution in [0, 0.1) is 0 Å². The van der Waals surface area contributed by atoms with E-state index in [2.05, 4.69) is 18.5 Å². The molecule has 4 heteroatoms. The van der Waals surface area contributed by atoms with E-state index in [9.17, 15) is 0 Å². The number of nitrogens with zero attached hydrogens (tertiary/aromatic N) is 1. The summed E-state index contributed by atoms with van der Waals surface area (Å²) in [4.78, 5) is 0. The maximum absolute atomic E-state index is 5.87. The Morgan fingerprint density at radius 2 is 1.42 bits per heavy atom. The normalized spacial score (nSPS) is 11.5. The Bertz CT molecular complexity index is 93.1. The molecule has 0 aromatic rings. The van der Waals surface area contributed by atoms with Crippen LogP contribution in [0.1, 0.15) is 39.5 Å². The first-order valence-electron chi connectivity index (χ1n) is 4.58. The molecule has 0 aliphatic carbocycles. The van der Waals surface area contributed by atoms with Crippen LogP contribution in [0.25, 0.3) is 0 Å². The Morgan fingerprint density at radius 3 is 1.67 bits per heavy atom. The molecule has 0 aliphatic rings. The average molecular weight is 230 g/mol. The van der Waals surface area contributed by atoms with E-state index in [4.69, 9.17) is 22.5 Å². The Labute approximate surface area is 86.8 Å². The molecule has 0 atom stereocenters. The fraction of sp³-hybridized carbons (Fsp3) is 1.00. The standard InChI is InChI=1S/C8H18Cl2NP/c1-3-5-7-11(12(9)10)8-6-4-2/h3-8H2,1-2H3. The molecule has 0 fully saturated rings. The van der Waals surface area contributed by atoms with Gasteiger partial charge >= 0.3 is 0 Å². The van der Waals surface area contributed by atoms with E-state index in [1.165, 1.54) is 25.7 Å². The molecule has 0 saturated carbocycles. The van der Waals surface area contributed by atoms with Crippen LogP contribution in [0.5, 0.6) is 0 Å². The van der Waals surface area contributed by atoms with Gasteiger partial charge in [-0.25, -0.2) is 0 Å². The second kappa shape index (κ2) is 8.56. The largest absolute Gasteiger partial charge is 0.257 e. The van der Waals surface area contributed by atoms with Crippen LogP contribution in [-0.4, -0.2) is 17.8 Å². The zero-order chi connectivity index (χ0) is 9.40. The molecule has 74 valence electrons. The molecule has 0 rings (SSSR count). The number of unbranched alkanes of at least 4 members (excludes halogenated alkanes) is 2. The van der Waals surface area contributed by atoms with Crippen molar-refractivity contribution in [1.29, 1.82) is 0 Å². The lowest BCUT2D eigenvalue weighted by molar-refractivity contribution is 0.439. The molecule has 0 saturated heterocycles. The minimum atomic E-state index is -0.909. The van der Waals surface area contributed by atoms with Gasteiger partial charge in [-0.2, -0.15) is 0 Å². The first-order valence-corrected chi connectivity index (χ1v) is 7.69. The number of halogens is 2. The summed E-state index contributed by atoms with van der Waals surface area (Å²) in [6.07, 6.45) is 4.81. The smallest absolute Gasteiger partial charge is 0.159 e. The summed E-state index contributed by atoms with van der Waals surface area (Å²) in [5, 5.41) is 0. The summed E-state index contributed by atoms with van der Waals surface area (Å²) in [6, 6.07) is 0. The lowest BCUT2D eigenvalue weighted by Gasteiger charge is -2.21. The zero-order valence-electron chi connectivity index (χ0n) is 7.89. The van der Waals surface area contributed by atoms with Crippen LogP contribution in [0.4, 0.5) is 0 Å². The topological polar surface area (TPSA) is 3.24 Å². The molecule has 0 aromatic carbocycles. The van der Waals surface area contributed by atoms with E-state index in [0.29, 0.717) is 0 Å². The Hall–Kier alpha value is 0.970. The van der Waals surface area contributed by atoms with Gasteiger partial charge in [0.2, 0.25) is 0 Å². The number of hydrogen-bond donors (Lipinski definition) is 0. The molecule has 0 aliphatic heterocycles.